The van der Waals surface area contributed by atoms with Crippen LogP contribution in [0.25, 0.3) is 0 Å². The number of fused-ring (bicyclic) bond motifs is 1. The molecule has 0 fully saturated rings. The van der Waals surface area contributed by atoms with Gasteiger partial charge in [0, 0.05) is 37.0 Å². The van der Waals surface area contributed by atoms with Gasteiger partial charge in [0.25, 0.3) is 5.91 Å². The molecule has 8 heteroatoms. The van der Waals surface area contributed by atoms with Gasteiger partial charge in [-0.1, -0.05) is 48.5 Å². The summed E-state index contributed by atoms with van der Waals surface area (Å²) in [5.74, 6) is 0.377. The van der Waals surface area contributed by atoms with Gasteiger partial charge in [-0.3, -0.25) is 9.59 Å². The third-order valence-corrected chi connectivity index (χ3v) is 6.27. The Morgan fingerprint density at radius 2 is 1.78 bits per heavy atom. The summed E-state index contributed by atoms with van der Waals surface area (Å²) in [4.78, 5) is 40.2. The minimum atomic E-state index is -0.644. The molecule has 7 nitrogen and oxygen atoms in total. The first-order valence-corrected chi connectivity index (χ1v) is 13.0. The molecule has 3 rings (SSSR count). The third-order valence-electron chi connectivity index (χ3n) is 6.00. The maximum absolute atomic E-state index is 13.0. The fourth-order valence-electron chi connectivity index (χ4n) is 4.31. The Morgan fingerprint density at radius 1 is 1.08 bits per heavy atom. The van der Waals surface area contributed by atoms with Crippen LogP contribution in [0.4, 0.5) is 4.79 Å². The van der Waals surface area contributed by atoms with Crippen molar-refractivity contribution < 1.29 is 19.1 Å². The summed E-state index contributed by atoms with van der Waals surface area (Å²) >= 11 is 5.81. The number of carbonyl (C=O) groups excluding carboxylic acids is 3. The quantitative estimate of drug-likeness (QED) is 0.345. The third kappa shape index (κ3) is 7.98. The molecule has 2 atom stereocenters. The topological polar surface area (TPSA) is 87.7 Å². The monoisotopic (exact) mass is 513 g/mol. The van der Waals surface area contributed by atoms with Crippen LogP contribution < -0.4 is 10.6 Å². The first kappa shape index (κ1) is 27.5. The number of alkyl carbamates (subject to hydrolysis) is 1. The van der Waals surface area contributed by atoms with Gasteiger partial charge in [-0.05, 0) is 50.8 Å². The fraction of sp³-hybridized carbons (Fsp3) is 0.464. The molecule has 2 aromatic rings. The molecule has 0 saturated carbocycles. The standard InChI is InChI=1S/C28H36ClN3O4/c1-28(2,3)36-27(35)31-24(20-11-5-4-6-12-20)17-25(33)30-18-21-19-32(16-10-9-15-29)26(34)23-14-8-7-13-22(21)23/h4-8,11-14,21,24H,9-10,15-19H2,1-3H3,(H,30,33)(H,31,35)/t21?,24-/m0/s1. The zero-order valence-corrected chi connectivity index (χ0v) is 22.0. The van der Waals surface area contributed by atoms with E-state index >= 15 is 0 Å². The highest BCUT2D eigenvalue weighted by Gasteiger charge is 2.31. The minimum Gasteiger partial charge on any atom is -0.444 e. The van der Waals surface area contributed by atoms with Crippen molar-refractivity contribution in [2.75, 3.05) is 25.5 Å². The Labute approximate surface area is 218 Å². The van der Waals surface area contributed by atoms with E-state index in [1.54, 1.807) is 20.8 Å². The number of benzene rings is 2. The molecule has 1 heterocycles. The Hall–Kier alpha value is -3.06. The number of ether oxygens (including phenoxy) is 1. The van der Waals surface area contributed by atoms with Gasteiger partial charge in [0.1, 0.15) is 5.60 Å². The minimum absolute atomic E-state index is 0.0205. The summed E-state index contributed by atoms with van der Waals surface area (Å²) in [6, 6.07) is 16.4. The van der Waals surface area contributed by atoms with Crippen molar-refractivity contribution in [1.82, 2.24) is 15.5 Å². The number of hydrogen-bond donors (Lipinski definition) is 2. The number of amides is 3. The predicted molar refractivity (Wildman–Crippen MR) is 141 cm³/mol. The molecule has 0 bridgehead atoms. The number of alkyl halides is 1. The van der Waals surface area contributed by atoms with E-state index in [-0.39, 0.29) is 24.2 Å². The van der Waals surface area contributed by atoms with Crippen molar-refractivity contribution in [2.24, 2.45) is 0 Å². The SMILES string of the molecule is CC(C)(C)OC(=O)N[C@@H](CC(=O)NCC1CN(CCCCCl)C(=O)c2ccccc21)c1ccccc1. The second-order valence-electron chi connectivity index (χ2n) is 10.0. The second-order valence-corrected chi connectivity index (χ2v) is 10.4. The van der Waals surface area contributed by atoms with Crippen LogP contribution in [0.15, 0.2) is 54.6 Å². The smallest absolute Gasteiger partial charge is 0.408 e. The molecule has 0 spiro atoms. The highest BCUT2D eigenvalue weighted by atomic mass is 35.5. The van der Waals surface area contributed by atoms with Crippen LogP contribution in [0.2, 0.25) is 0 Å². The van der Waals surface area contributed by atoms with Gasteiger partial charge in [0.05, 0.1) is 12.5 Å². The summed E-state index contributed by atoms with van der Waals surface area (Å²) < 4.78 is 5.40. The van der Waals surface area contributed by atoms with Crippen LogP contribution >= 0.6 is 11.6 Å². The van der Waals surface area contributed by atoms with Crippen LogP contribution in [-0.2, 0) is 9.53 Å². The molecule has 2 aromatic carbocycles. The van der Waals surface area contributed by atoms with Crippen molar-refractivity contribution in [3.63, 3.8) is 0 Å². The first-order chi connectivity index (χ1) is 17.2. The number of halogens is 1. The molecule has 0 radical (unpaired) electrons. The largest absolute Gasteiger partial charge is 0.444 e. The van der Waals surface area contributed by atoms with Crippen LogP contribution in [0.3, 0.4) is 0 Å². The van der Waals surface area contributed by atoms with E-state index in [0.29, 0.717) is 31.1 Å². The molecule has 194 valence electrons. The molecule has 2 N–H and O–H groups in total. The average Bonchev–Trinajstić information content (AvgIpc) is 2.84. The highest BCUT2D eigenvalue weighted by molar-refractivity contribution is 6.17. The Morgan fingerprint density at radius 3 is 2.47 bits per heavy atom. The number of rotatable bonds is 10. The molecule has 36 heavy (non-hydrogen) atoms. The second kappa shape index (κ2) is 12.8. The summed E-state index contributed by atoms with van der Waals surface area (Å²) in [6.07, 6.45) is 1.18. The first-order valence-electron chi connectivity index (χ1n) is 12.4. The molecule has 0 aliphatic carbocycles. The van der Waals surface area contributed by atoms with Crippen molar-refractivity contribution >= 4 is 29.5 Å². The summed E-state index contributed by atoms with van der Waals surface area (Å²) in [5, 5.41) is 5.86. The van der Waals surface area contributed by atoms with Crippen molar-refractivity contribution in [1.29, 1.82) is 0 Å². The van der Waals surface area contributed by atoms with Crippen LogP contribution in [0.5, 0.6) is 0 Å². The molecule has 0 aromatic heterocycles. The summed E-state index contributed by atoms with van der Waals surface area (Å²) in [6.45, 7) is 6.95. The Kier molecular flexibility index (Phi) is 9.76. The van der Waals surface area contributed by atoms with E-state index in [1.807, 2.05) is 59.5 Å². The van der Waals surface area contributed by atoms with E-state index in [4.69, 9.17) is 16.3 Å². The van der Waals surface area contributed by atoms with Crippen molar-refractivity contribution in [2.45, 2.75) is 57.6 Å². The fourth-order valence-corrected chi connectivity index (χ4v) is 4.50. The number of hydrogen-bond acceptors (Lipinski definition) is 4. The van der Waals surface area contributed by atoms with Gasteiger partial charge < -0.3 is 20.3 Å². The lowest BCUT2D eigenvalue weighted by atomic mass is 9.89. The molecule has 3 amide bonds. The summed E-state index contributed by atoms with van der Waals surface area (Å²) in [5.41, 5.74) is 1.80. The van der Waals surface area contributed by atoms with Crippen LogP contribution in [0.1, 0.15) is 73.5 Å². The van der Waals surface area contributed by atoms with E-state index in [2.05, 4.69) is 10.6 Å². The molecule has 0 saturated heterocycles. The van der Waals surface area contributed by atoms with Gasteiger partial charge >= 0.3 is 6.09 Å². The number of nitrogens with one attached hydrogen (secondary N) is 2. The normalized spacial score (nSPS) is 16.2. The zero-order valence-electron chi connectivity index (χ0n) is 21.3. The van der Waals surface area contributed by atoms with Gasteiger partial charge in [0.2, 0.25) is 5.91 Å². The average molecular weight is 514 g/mol. The van der Waals surface area contributed by atoms with Gasteiger partial charge in [-0.15, -0.1) is 11.6 Å². The van der Waals surface area contributed by atoms with Crippen LogP contribution in [-0.4, -0.2) is 53.9 Å². The van der Waals surface area contributed by atoms with Gasteiger partial charge in [0.15, 0.2) is 0 Å². The van der Waals surface area contributed by atoms with Crippen molar-refractivity contribution in [3.05, 3.63) is 71.3 Å². The molecular weight excluding hydrogens is 478 g/mol. The van der Waals surface area contributed by atoms with Crippen LogP contribution in [0, 0.1) is 0 Å². The molecule has 1 aliphatic heterocycles. The number of nitrogens with zero attached hydrogens (tertiary/aromatic N) is 1. The molecular formula is C28H36ClN3O4. The zero-order chi connectivity index (χ0) is 26.1. The Bertz CT molecular complexity index is 1040. The number of carbonyl (C=O) groups is 3. The van der Waals surface area contributed by atoms with E-state index in [1.165, 1.54) is 0 Å². The molecule has 1 aliphatic rings. The van der Waals surface area contributed by atoms with E-state index < -0.39 is 17.7 Å². The molecule has 1 unspecified atom stereocenters. The number of unbranched alkanes of at least 4 members (excludes halogenated alkanes) is 1. The maximum atomic E-state index is 13.0. The lowest BCUT2D eigenvalue weighted by molar-refractivity contribution is -0.121. The maximum Gasteiger partial charge on any atom is 0.408 e. The Balaban J connectivity index is 1.67. The van der Waals surface area contributed by atoms with E-state index in [9.17, 15) is 14.4 Å². The lowest BCUT2D eigenvalue weighted by Crippen LogP contribution is -2.44. The predicted octanol–water partition coefficient (Wildman–Crippen LogP) is 5.02. The summed E-state index contributed by atoms with van der Waals surface area (Å²) in [7, 11) is 0. The lowest BCUT2D eigenvalue weighted by Gasteiger charge is -2.34. The van der Waals surface area contributed by atoms with Gasteiger partial charge in [-0.2, -0.15) is 0 Å². The van der Waals surface area contributed by atoms with E-state index in [0.717, 1.165) is 24.0 Å². The highest BCUT2D eigenvalue weighted by Crippen LogP contribution is 2.28. The van der Waals surface area contributed by atoms with Crippen molar-refractivity contribution in [3.8, 4) is 0 Å². The van der Waals surface area contributed by atoms with Gasteiger partial charge in [-0.25, -0.2) is 4.79 Å².